The molecule has 2 aliphatic rings. The van der Waals surface area contributed by atoms with E-state index < -0.39 is 0 Å². The van der Waals surface area contributed by atoms with E-state index in [0.717, 1.165) is 43.1 Å². The number of ether oxygens (including phenoxy) is 3. The van der Waals surface area contributed by atoms with Crippen LogP contribution in [-0.4, -0.2) is 43.8 Å². The number of hydrogen-bond donors (Lipinski definition) is 1. The van der Waals surface area contributed by atoms with Crippen molar-refractivity contribution in [3.05, 3.63) is 48.5 Å². The third-order valence-corrected chi connectivity index (χ3v) is 4.90. The van der Waals surface area contributed by atoms with Crippen molar-refractivity contribution >= 4 is 11.7 Å². The number of carbonyl (C=O) groups is 1. The minimum atomic E-state index is -0.0712. The Balaban J connectivity index is 1.24. The summed E-state index contributed by atoms with van der Waals surface area (Å²) in [5, 5.41) is 2.96. The van der Waals surface area contributed by atoms with Crippen LogP contribution in [0.5, 0.6) is 17.2 Å². The molecule has 0 spiro atoms. The molecule has 0 aromatic heterocycles. The number of fused-ring (bicyclic) bond motifs is 1. The van der Waals surface area contributed by atoms with Crippen molar-refractivity contribution in [2.75, 3.05) is 38.2 Å². The second kappa shape index (κ2) is 8.20. The minimum Gasteiger partial charge on any atom is -0.494 e. The first-order valence-corrected chi connectivity index (χ1v) is 9.41. The number of urea groups is 1. The molecule has 0 radical (unpaired) electrons. The van der Waals surface area contributed by atoms with Crippen molar-refractivity contribution < 1.29 is 19.0 Å². The predicted octanol–water partition coefficient (Wildman–Crippen LogP) is 3.78. The number of carbonyl (C=O) groups excluding carboxylic acids is 1. The summed E-state index contributed by atoms with van der Waals surface area (Å²) in [6.07, 6.45) is 1.95. The minimum absolute atomic E-state index is 0.0712. The van der Waals surface area contributed by atoms with Crippen LogP contribution in [0.15, 0.2) is 48.5 Å². The van der Waals surface area contributed by atoms with E-state index in [-0.39, 0.29) is 6.03 Å². The maximum Gasteiger partial charge on any atom is 0.321 e. The number of nitrogens with zero attached hydrogens (tertiary/aromatic N) is 1. The lowest BCUT2D eigenvalue weighted by Gasteiger charge is -2.20. The van der Waals surface area contributed by atoms with Gasteiger partial charge in [-0.1, -0.05) is 18.2 Å². The molecule has 0 saturated carbocycles. The molecule has 2 heterocycles. The van der Waals surface area contributed by atoms with Gasteiger partial charge in [0.2, 0.25) is 0 Å². The molecule has 2 aliphatic heterocycles. The lowest BCUT2D eigenvalue weighted by Crippen LogP contribution is -2.33. The van der Waals surface area contributed by atoms with Gasteiger partial charge in [-0.15, -0.1) is 0 Å². The first-order valence-electron chi connectivity index (χ1n) is 9.41. The molecule has 6 heteroatoms. The van der Waals surface area contributed by atoms with Crippen LogP contribution in [0.25, 0.3) is 0 Å². The summed E-state index contributed by atoms with van der Waals surface area (Å²) in [5.74, 6) is 2.76. The van der Waals surface area contributed by atoms with Crippen LogP contribution in [0.2, 0.25) is 0 Å². The summed E-state index contributed by atoms with van der Waals surface area (Å²) in [4.78, 5) is 14.4. The van der Waals surface area contributed by atoms with Crippen molar-refractivity contribution in [3.63, 3.8) is 0 Å². The summed E-state index contributed by atoms with van der Waals surface area (Å²) in [7, 11) is 0. The highest BCUT2D eigenvalue weighted by atomic mass is 16.6. The highest BCUT2D eigenvalue weighted by Gasteiger charge is 2.26. The molecule has 1 fully saturated rings. The second-order valence-corrected chi connectivity index (χ2v) is 6.84. The van der Waals surface area contributed by atoms with Crippen molar-refractivity contribution in [1.82, 2.24) is 4.90 Å². The van der Waals surface area contributed by atoms with E-state index in [9.17, 15) is 4.79 Å². The maximum absolute atomic E-state index is 12.5. The van der Waals surface area contributed by atoms with Crippen LogP contribution < -0.4 is 19.5 Å². The Labute approximate surface area is 159 Å². The molecule has 4 rings (SSSR count). The van der Waals surface area contributed by atoms with Gasteiger partial charge in [-0.05, 0) is 43.0 Å². The van der Waals surface area contributed by atoms with Crippen LogP contribution in [-0.2, 0) is 0 Å². The van der Waals surface area contributed by atoms with E-state index in [1.165, 1.54) is 0 Å². The number of para-hydroxylation sites is 1. The molecule has 6 nitrogen and oxygen atoms in total. The first-order chi connectivity index (χ1) is 13.3. The fraction of sp³-hybridized carbons (Fsp3) is 0.381. The predicted molar refractivity (Wildman–Crippen MR) is 103 cm³/mol. The van der Waals surface area contributed by atoms with Gasteiger partial charge in [0.05, 0.1) is 6.61 Å². The van der Waals surface area contributed by atoms with E-state index in [4.69, 9.17) is 14.2 Å². The van der Waals surface area contributed by atoms with Crippen molar-refractivity contribution in [2.24, 2.45) is 5.92 Å². The lowest BCUT2D eigenvalue weighted by atomic mass is 10.1. The molecular weight excluding hydrogens is 344 g/mol. The molecule has 27 heavy (non-hydrogen) atoms. The zero-order chi connectivity index (χ0) is 18.5. The van der Waals surface area contributed by atoms with Gasteiger partial charge in [0.1, 0.15) is 19.0 Å². The maximum atomic E-state index is 12.5. The average molecular weight is 368 g/mol. The van der Waals surface area contributed by atoms with Gasteiger partial charge in [-0.25, -0.2) is 4.79 Å². The quantitative estimate of drug-likeness (QED) is 0.873. The van der Waals surface area contributed by atoms with Gasteiger partial charge in [-0.2, -0.15) is 0 Å². The molecule has 1 unspecified atom stereocenters. The smallest absolute Gasteiger partial charge is 0.321 e. The van der Waals surface area contributed by atoms with Crippen LogP contribution in [0, 0.1) is 5.92 Å². The first kappa shape index (κ1) is 17.5. The van der Waals surface area contributed by atoms with Crippen molar-refractivity contribution in [1.29, 1.82) is 0 Å². The molecule has 2 amide bonds. The fourth-order valence-electron chi connectivity index (χ4n) is 3.44. The number of benzene rings is 2. The van der Waals surface area contributed by atoms with Gasteiger partial charge in [-0.3, -0.25) is 0 Å². The van der Waals surface area contributed by atoms with Crippen molar-refractivity contribution in [3.8, 4) is 17.2 Å². The summed E-state index contributed by atoms with van der Waals surface area (Å²) in [6.45, 7) is 3.29. The average Bonchev–Trinajstić information content (AvgIpc) is 3.18. The van der Waals surface area contributed by atoms with Gasteiger partial charge >= 0.3 is 6.03 Å². The summed E-state index contributed by atoms with van der Waals surface area (Å²) >= 11 is 0. The Kier molecular flexibility index (Phi) is 5.32. The molecule has 142 valence electrons. The van der Waals surface area contributed by atoms with E-state index in [1.807, 2.05) is 53.4 Å². The Morgan fingerprint density at radius 2 is 1.93 bits per heavy atom. The normalized spacial score (nSPS) is 18.2. The highest BCUT2D eigenvalue weighted by Crippen LogP contribution is 2.32. The fourth-order valence-corrected chi connectivity index (χ4v) is 3.44. The van der Waals surface area contributed by atoms with Crippen LogP contribution in [0.4, 0.5) is 10.5 Å². The monoisotopic (exact) mass is 368 g/mol. The van der Waals surface area contributed by atoms with E-state index in [1.54, 1.807) is 0 Å². The van der Waals surface area contributed by atoms with Gasteiger partial charge in [0.15, 0.2) is 11.5 Å². The number of anilines is 1. The third kappa shape index (κ3) is 4.45. The number of hydrogen-bond acceptors (Lipinski definition) is 4. The van der Waals surface area contributed by atoms with Crippen molar-refractivity contribution in [2.45, 2.75) is 12.8 Å². The molecule has 1 N–H and O–H groups in total. The number of likely N-dealkylation sites (tertiary alicyclic amines) is 1. The molecule has 2 aromatic carbocycles. The topological polar surface area (TPSA) is 60.0 Å². The number of nitrogens with one attached hydrogen (secondary N) is 1. The Morgan fingerprint density at radius 3 is 2.78 bits per heavy atom. The number of amides is 2. The largest absolute Gasteiger partial charge is 0.494 e. The summed E-state index contributed by atoms with van der Waals surface area (Å²) in [6, 6.07) is 15.2. The summed E-state index contributed by atoms with van der Waals surface area (Å²) in [5.41, 5.74) is 0.722. The SMILES string of the molecule is O=C(Nc1ccc2c(c1)OCCO2)N1CCC(CCOc2ccccc2)C1. The Morgan fingerprint density at radius 1 is 1.11 bits per heavy atom. The molecule has 2 aromatic rings. The number of rotatable bonds is 5. The summed E-state index contributed by atoms with van der Waals surface area (Å²) < 4.78 is 16.8. The van der Waals surface area contributed by atoms with E-state index >= 15 is 0 Å². The molecular formula is C21H24N2O4. The third-order valence-electron chi connectivity index (χ3n) is 4.90. The second-order valence-electron chi connectivity index (χ2n) is 6.84. The molecule has 1 atom stereocenters. The van der Waals surface area contributed by atoms with Crippen LogP contribution >= 0.6 is 0 Å². The van der Waals surface area contributed by atoms with Gasteiger partial charge < -0.3 is 24.4 Å². The van der Waals surface area contributed by atoms with Gasteiger partial charge in [0.25, 0.3) is 0 Å². The zero-order valence-corrected chi connectivity index (χ0v) is 15.2. The Hall–Kier alpha value is -2.89. The Bertz CT molecular complexity index is 781. The van der Waals surface area contributed by atoms with E-state index in [2.05, 4.69) is 5.32 Å². The molecule has 0 bridgehead atoms. The van der Waals surface area contributed by atoms with Crippen LogP contribution in [0.3, 0.4) is 0 Å². The highest BCUT2D eigenvalue weighted by molar-refractivity contribution is 5.90. The van der Waals surface area contributed by atoms with Gasteiger partial charge in [0, 0.05) is 24.8 Å². The molecule has 0 aliphatic carbocycles. The standard InChI is InChI=1S/C21H24N2O4/c24-21(22-17-6-7-19-20(14-17)27-13-12-26-19)23-10-8-16(15-23)9-11-25-18-4-2-1-3-5-18/h1-7,14,16H,8-13,15H2,(H,22,24). The molecule has 1 saturated heterocycles. The zero-order valence-electron chi connectivity index (χ0n) is 15.2. The lowest BCUT2D eigenvalue weighted by molar-refractivity contribution is 0.171. The van der Waals surface area contributed by atoms with Crippen LogP contribution in [0.1, 0.15) is 12.8 Å². The van der Waals surface area contributed by atoms with E-state index in [0.29, 0.717) is 31.5 Å².